The van der Waals surface area contributed by atoms with Crippen molar-refractivity contribution in [2.45, 2.75) is 57.5 Å². The van der Waals surface area contributed by atoms with Crippen molar-refractivity contribution in [1.29, 1.82) is 0 Å². The van der Waals surface area contributed by atoms with Crippen molar-refractivity contribution < 1.29 is 9.59 Å². The number of hydrogen-bond donors (Lipinski definition) is 2. The molecule has 6 nitrogen and oxygen atoms in total. The highest BCUT2D eigenvalue weighted by Gasteiger charge is 2.32. The van der Waals surface area contributed by atoms with E-state index in [9.17, 15) is 9.59 Å². The molecule has 0 bridgehead atoms. The van der Waals surface area contributed by atoms with Gasteiger partial charge in [-0.1, -0.05) is 36.4 Å². The smallest absolute Gasteiger partial charge is 0.220 e. The zero-order chi connectivity index (χ0) is 21.6. The van der Waals surface area contributed by atoms with E-state index in [2.05, 4.69) is 27.7 Å². The van der Waals surface area contributed by atoms with Gasteiger partial charge in [-0.05, 0) is 56.2 Å². The molecule has 1 fully saturated rings. The fourth-order valence-electron chi connectivity index (χ4n) is 4.72. The molecule has 0 spiro atoms. The Balaban J connectivity index is 1.24. The van der Waals surface area contributed by atoms with Crippen LogP contribution in [0.25, 0.3) is 0 Å². The number of ketones is 1. The molecule has 1 saturated heterocycles. The largest absolute Gasteiger partial charge is 0.370 e. The topological polar surface area (TPSA) is 74.3 Å². The second-order valence-electron chi connectivity index (χ2n) is 8.67. The maximum Gasteiger partial charge on any atom is 0.220 e. The third-order valence-corrected chi connectivity index (χ3v) is 6.24. The van der Waals surface area contributed by atoms with Crippen molar-refractivity contribution in [3.8, 4) is 0 Å². The zero-order valence-corrected chi connectivity index (χ0v) is 18.3. The molecule has 4 rings (SSSR count). The Morgan fingerprint density at radius 2 is 2.06 bits per heavy atom. The first kappa shape index (κ1) is 21.5. The summed E-state index contributed by atoms with van der Waals surface area (Å²) in [5.41, 5.74) is 3.35. The number of carbonyl (C=O) groups excluding carboxylic acids is 2. The molecule has 3 heterocycles. The average molecular weight is 421 g/mol. The first-order chi connectivity index (χ1) is 15.1. The lowest BCUT2D eigenvalue weighted by molar-refractivity contribution is -0.122. The van der Waals surface area contributed by atoms with Gasteiger partial charge in [-0.3, -0.25) is 14.5 Å². The van der Waals surface area contributed by atoms with Crippen LogP contribution in [0.5, 0.6) is 0 Å². The van der Waals surface area contributed by atoms with E-state index in [0.29, 0.717) is 13.0 Å². The lowest BCUT2D eigenvalue weighted by Gasteiger charge is -2.26. The number of pyridine rings is 1. The van der Waals surface area contributed by atoms with E-state index in [-0.39, 0.29) is 23.8 Å². The molecule has 0 radical (unpaired) electrons. The fourth-order valence-corrected chi connectivity index (χ4v) is 4.72. The molecule has 6 heteroatoms. The van der Waals surface area contributed by atoms with Gasteiger partial charge in [0.15, 0.2) is 5.78 Å². The van der Waals surface area contributed by atoms with E-state index >= 15 is 0 Å². The van der Waals surface area contributed by atoms with E-state index in [0.717, 1.165) is 62.3 Å². The SMILES string of the molecule is CC(=O)[C@H](c1ccccc1)N1CC[C@@H](NC(=O)CCCc2ccc3c(n2)NCCC3)C1. The minimum Gasteiger partial charge on any atom is -0.370 e. The summed E-state index contributed by atoms with van der Waals surface area (Å²) in [5.74, 6) is 1.24. The Morgan fingerprint density at radius 3 is 2.87 bits per heavy atom. The molecular weight excluding hydrogens is 388 g/mol. The molecule has 0 aliphatic carbocycles. The van der Waals surface area contributed by atoms with E-state index in [4.69, 9.17) is 4.98 Å². The minimum atomic E-state index is -0.230. The summed E-state index contributed by atoms with van der Waals surface area (Å²) >= 11 is 0. The van der Waals surface area contributed by atoms with Crippen LogP contribution in [0.1, 0.15) is 55.5 Å². The Morgan fingerprint density at radius 1 is 1.23 bits per heavy atom. The number of aryl methyl sites for hydroxylation is 2. The minimum absolute atomic E-state index is 0.0852. The number of likely N-dealkylation sites (tertiary alicyclic amines) is 1. The summed E-state index contributed by atoms with van der Waals surface area (Å²) in [6.07, 6.45) is 5.21. The molecule has 0 saturated carbocycles. The molecule has 1 aromatic heterocycles. The van der Waals surface area contributed by atoms with Crippen molar-refractivity contribution in [3.05, 3.63) is 59.3 Å². The van der Waals surface area contributed by atoms with Gasteiger partial charge in [0.1, 0.15) is 5.82 Å². The highest BCUT2D eigenvalue weighted by atomic mass is 16.1. The van der Waals surface area contributed by atoms with Crippen LogP contribution < -0.4 is 10.6 Å². The van der Waals surface area contributed by atoms with Crippen molar-refractivity contribution in [2.24, 2.45) is 0 Å². The molecule has 1 amide bonds. The van der Waals surface area contributed by atoms with Crippen LogP contribution >= 0.6 is 0 Å². The second-order valence-corrected chi connectivity index (χ2v) is 8.67. The van der Waals surface area contributed by atoms with Gasteiger partial charge >= 0.3 is 0 Å². The second kappa shape index (κ2) is 10.1. The standard InChI is InChI=1S/C25H32N4O2/c1-18(30)24(19-7-3-2-4-8-19)29-16-14-22(17-29)27-23(31)11-5-10-21-13-12-20-9-6-15-26-25(20)28-21/h2-4,7-8,12-13,22,24H,5-6,9-11,14-17H2,1H3,(H,26,28)(H,27,31)/t22-,24-/m1/s1. The molecule has 2 aliphatic rings. The number of carbonyl (C=O) groups is 2. The van der Waals surface area contributed by atoms with Gasteiger partial charge in [0, 0.05) is 37.8 Å². The van der Waals surface area contributed by atoms with Crippen LogP contribution in [-0.2, 0) is 22.4 Å². The Bertz CT molecular complexity index is 915. The lowest BCUT2D eigenvalue weighted by Crippen LogP contribution is -2.38. The highest BCUT2D eigenvalue weighted by Crippen LogP contribution is 2.26. The number of hydrogen-bond acceptors (Lipinski definition) is 5. The molecule has 2 atom stereocenters. The van der Waals surface area contributed by atoms with E-state index < -0.39 is 0 Å². The fraction of sp³-hybridized carbons (Fsp3) is 0.480. The van der Waals surface area contributed by atoms with Gasteiger partial charge in [-0.15, -0.1) is 0 Å². The predicted molar refractivity (Wildman–Crippen MR) is 122 cm³/mol. The molecular formula is C25H32N4O2. The lowest BCUT2D eigenvalue weighted by atomic mass is 10.0. The van der Waals surface area contributed by atoms with E-state index in [1.54, 1.807) is 6.92 Å². The summed E-state index contributed by atoms with van der Waals surface area (Å²) < 4.78 is 0. The number of amides is 1. The first-order valence-corrected chi connectivity index (χ1v) is 11.4. The molecule has 2 N–H and O–H groups in total. The van der Waals surface area contributed by atoms with Crippen LogP contribution in [0, 0.1) is 0 Å². The van der Waals surface area contributed by atoms with Crippen LogP contribution in [0.2, 0.25) is 0 Å². The number of nitrogens with one attached hydrogen (secondary N) is 2. The molecule has 0 unspecified atom stereocenters. The quantitative estimate of drug-likeness (QED) is 0.686. The summed E-state index contributed by atoms with van der Waals surface area (Å²) in [4.78, 5) is 31.7. The number of aromatic nitrogens is 1. The molecule has 31 heavy (non-hydrogen) atoms. The van der Waals surface area contributed by atoms with Gasteiger partial charge in [-0.2, -0.15) is 0 Å². The number of fused-ring (bicyclic) bond motifs is 1. The summed E-state index contributed by atoms with van der Waals surface area (Å²) in [5, 5.41) is 6.53. The maximum atomic E-state index is 12.5. The normalized spacial score (nSPS) is 19.3. The van der Waals surface area contributed by atoms with E-state index in [1.807, 2.05) is 30.3 Å². The Kier molecular flexibility index (Phi) is 6.97. The first-order valence-electron chi connectivity index (χ1n) is 11.4. The third-order valence-electron chi connectivity index (χ3n) is 6.24. The van der Waals surface area contributed by atoms with Crippen molar-refractivity contribution >= 4 is 17.5 Å². The van der Waals surface area contributed by atoms with Gasteiger partial charge in [0.05, 0.1) is 6.04 Å². The van der Waals surface area contributed by atoms with Gasteiger partial charge in [0.25, 0.3) is 0 Å². The van der Waals surface area contributed by atoms with Gasteiger partial charge < -0.3 is 10.6 Å². The number of Topliss-reactive ketones (excluding diaryl/α,β-unsaturated/α-hetero) is 1. The number of benzene rings is 1. The van der Waals surface area contributed by atoms with Gasteiger partial charge in [-0.25, -0.2) is 4.98 Å². The van der Waals surface area contributed by atoms with Crippen LogP contribution in [0.3, 0.4) is 0 Å². The number of anilines is 1. The van der Waals surface area contributed by atoms with Gasteiger partial charge in [0.2, 0.25) is 5.91 Å². The van der Waals surface area contributed by atoms with Crippen molar-refractivity contribution in [3.63, 3.8) is 0 Å². The summed E-state index contributed by atoms with van der Waals surface area (Å²) in [7, 11) is 0. The van der Waals surface area contributed by atoms with Crippen LogP contribution in [0.15, 0.2) is 42.5 Å². The average Bonchev–Trinajstić information content (AvgIpc) is 3.22. The predicted octanol–water partition coefficient (Wildman–Crippen LogP) is 3.28. The highest BCUT2D eigenvalue weighted by molar-refractivity contribution is 5.83. The summed E-state index contributed by atoms with van der Waals surface area (Å²) in [6.45, 7) is 4.16. The molecule has 164 valence electrons. The molecule has 1 aromatic carbocycles. The zero-order valence-electron chi connectivity index (χ0n) is 18.3. The van der Waals surface area contributed by atoms with Crippen molar-refractivity contribution in [1.82, 2.24) is 15.2 Å². The van der Waals surface area contributed by atoms with E-state index in [1.165, 1.54) is 5.56 Å². The Hall–Kier alpha value is -2.73. The summed E-state index contributed by atoms with van der Waals surface area (Å²) in [6, 6.07) is 14.0. The maximum absolute atomic E-state index is 12.5. The third kappa shape index (κ3) is 5.50. The monoisotopic (exact) mass is 420 g/mol. The number of rotatable bonds is 8. The van der Waals surface area contributed by atoms with Crippen LogP contribution in [0.4, 0.5) is 5.82 Å². The molecule has 2 aliphatic heterocycles. The Labute approximate surface area is 184 Å². The van der Waals surface area contributed by atoms with Crippen LogP contribution in [-0.4, -0.2) is 47.3 Å². The number of nitrogens with zero attached hydrogens (tertiary/aromatic N) is 2. The molecule has 2 aromatic rings. The van der Waals surface area contributed by atoms with Crippen molar-refractivity contribution in [2.75, 3.05) is 25.0 Å².